The Kier molecular flexibility index (Phi) is 7.60. The summed E-state index contributed by atoms with van der Waals surface area (Å²) in [6.45, 7) is 6.44. The van der Waals surface area contributed by atoms with Gasteiger partial charge in [-0.2, -0.15) is 0 Å². The second kappa shape index (κ2) is 9.71. The molecule has 0 bridgehead atoms. The Hall–Kier alpha value is -2.38. The number of rotatable bonds is 9. The molecule has 2 aromatic rings. The van der Waals surface area contributed by atoms with E-state index in [4.69, 9.17) is 4.74 Å². The Morgan fingerprint density at radius 1 is 1.04 bits per heavy atom. The number of sulfonamides is 1. The van der Waals surface area contributed by atoms with Gasteiger partial charge < -0.3 is 10.1 Å². The molecule has 0 unspecified atom stereocenters. The van der Waals surface area contributed by atoms with Crippen molar-refractivity contribution in [3.05, 3.63) is 59.2 Å². The number of carbonyl (C=O) groups excluding carboxylic acids is 1. The molecule has 0 spiro atoms. The first-order valence-corrected chi connectivity index (χ1v) is 10.6. The molecule has 2 aromatic carbocycles. The van der Waals surface area contributed by atoms with Crippen LogP contribution in [0.4, 0.5) is 5.69 Å². The molecule has 0 aliphatic carbocycles. The minimum Gasteiger partial charge on any atom is -0.385 e. The van der Waals surface area contributed by atoms with Gasteiger partial charge in [0.1, 0.15) is 6.54 Å². The van der Waals surface area contributed by atoms with E-state index in [0.29, 0.717) is 25.3 Å². The Labute approximate surface area is 167 Å². The number of carbonyl (C=O) groups is 1. The van der Waals surface area contributed by atoms with Crippen LogP contribution in [-0.4, -0.2) is 41.1 Å². The summed E-state index contributed by atoms with van der Waals surface area (Å²) in [6.07, 6.45) is 0.663. The number of methoxy groups -OCH3 is 1. The van der Waals surface area contributed by atoms with Crippen LogP contribution in [0.2, 0.25) is 0 Å². The third kappa shape index (κ3) is 5.56. The zero-order chi connectivity index (χ0) is 20.7. The van der Waals surface area contributed by atoms with Crippen molar-refractivity contribution in [1.29, 1.82) is 0 Å². The van der Waals surface area contributed by atoms with Crippen molar-refractivity contribution < 1.29 is 17.9 Å². The van der Waals surface area contributed by atoms with Crippen molar-refractivity contribution in [3.8, 4) is 0 Å². The topological polar surface area (TPSA) is 75.7 Å². The van der Waals surface area contributed by atoms with Crippen LogP contribution in [-0.2, 0) is 19.6 Å². The van der Waals surface area contributed by atoms with Crippen LogP contribution in [0, 0.1) is 20.8 Å². The number of hydrogen-bond donors (Lipinski definition) is 1. The number of aryl methyl sites for hydroxylation is 3. The first-order chi connectivity index (χ1) is 13.3. The van der Waals surface area contributed by atoms with Crippen molar-refractivity contribution >= 4 is 21.6 Å². The molecule has 0 atom stereocenters. The summed E-state index contributed by atoms with van der Waals surface area (Å²) >= 11 is 0. The summed E-state index contributed by atoms with van der Waals surface area (Å²) in [4.78, 5) is 12.6. The summed E-state index contributed by atoms with van der Waals surface area (Å²) in [5, 5.41) is 2.75. The van der Waals surface area contributed by atoms with Crippen LogP contribution in [0.3, 0.4) is 0 Å². The summed E-state index contributed by atoms with van der Waals surface area (Å²) in [6, 6.07) is 12.0. The normalized spacial score (nSPS) is 11.3. The maximum atomic E-state index is 13.3. The molecular weight excluding hydrogens is 376 g/mol. The first-order valence-electron chi connectivity index (χ1n) is 9.18. The summed E-state index contributed by atoms with van der Waals surface area (Å²) in [5.41, 5.74) is 3.45. The third-order valence-corrected chi connectivity index (χ3v) is 6.31. The maximum absolute atomic E-state index is 13.3. The molecule has 7 heteroatoms. The van der Waals surface area contributed by atoms with Gasteiger partial charge in [-0.05, 0) is 62.6 Å². The highest BCUT2D eigenvalue weighted by Gasteiger charge is 2.27. The second-order valence-corrected chi connectivity index (χ2v) is 8.65. The summed E-state index contributed by atoms with van der Waals surface area (Å²) in [7, 11) is -2.29. The van der Waals surface area contributed by atoms with E-state index < -0.39 is 10.0 Å². The number of benzene rings is 2. The van der Waals surface area contributed by atoms with Crippen LogP contribution >= 0.6 is 0 Å². The van der Waals surface area contributed by atoms with Gasteiger partial charge in [0.15, 0.2) is 0 Å². The van der Waals surface area contributed by atoms with E-state index in [0.717, 1.165) is 21.0 Å². The number of nitrogens with zero attached hydrogens (tertiary/aromatic N) is 1. The van der Waals surface area contributed by atoms with Gasteiger partial charge in [0.25, 0.3) is 10.0 Å². The van der Waals surface area contributed by atoms with E-state index in [1.807, 2.05) is 26.8 Å². The van der Waals surface area contributed by atoms with Crippen molar-refractivity contribution in [2.24, 2.45) is 0 Å². The molecule has 0 radical (unpaired) electrons. The van der Waals surface area contributed by atoms with Crippen molar-refractivity contribution in [1.82, 2.24) is 5.32 Å². The average Bonchev–Trinajstić information content (AvgIpc) is 2.66. The van der Waals surface area contributed by atoms with Gasteiger partial charge in [-0.1, -0.05) is 23.8 Å². The van der Waals surface area contributed by atoms with Gasteiger partial charge in [-0.15, -0.1) is 0 Å². The maximum Gasteiger partial charge on any atom is 0.264 e. The van der Waals surface area contributed by atoms with Gasteiger partial charge in [-0.25, -0.2) is 8.42 Å². The number of hydrogen-bond acceptors (Lipinski definition) is 4. The van der Waals surface area contributed by atoms with Crippen molar-refractivity contribution in [2.75, 3.05) is 31.1 Å². The van der Waals surface area contributed by atoms with Crippen LogP contribution in [0.5, 0.6) is 0 Å². The van der Waals surface area contributed by atoms with E-state index in [1.165, 1.54) is 0 Å². The van der Waals surface area contributed by atoms with E-state index in [1.54, 1.807) is 43.5 Å². The fraction of sp³-hybridized carbons (Fsp3) is 0.381. The second-order valence-electron chi connectivity index (χ2n) is 6.79. The monoisotopic (exact) mass is 404 g/mol. The average molecular weight is 405 g/mol. The number of nitrogens with one attached hydrogen (secondary N) is 1. The van der Waals surface area contributed by atoms with E-state index in [2.05, 4.69) is 5.32 Å². The molecule has 0 heterocycles. The van der Waals surface area contributed by atoms with Crippen LogP contribution < -0.4 is 9.62 Å². The first kappa shape index (κ1) is 21.9. The Morgan fingerprint density at radius 3 is 2.32 bits per heavy atom. The highest BCUT2D eigenvalue weighted by molar-refractivity contribution is 7.92. The molecule has 28 heavy (non-hydrogen) atoms. The number of ether oxygens (including phenoxy) is 1. The zero-order valence-electron chi connectivity index (χ0n) is 16.9. The molecule has 2 rings (SSSR count). The molecule has 0 aliphatic rings. The Bertz CT molecular complexity index is 909. The quantitative estimate of drug-likeness (QED) is 0.652. The van der Waals surface area contributed by atoms with Crippen LogP contribution in [0.1, 0.15) is 23.1 Å². The van der Waals surface area contributed by atoms with Gasteiger partial charge in [0, 0.05) is 20.3 Å². The predicted octanol–water partition coefficient (Wildman–Crippen LogP) is 2.96. The molecule has 1 amide bonds. The molecular formula is C21H28N2O4S. The van der Waals surface area contributed by atoms with Crippen molar-refractivity contribution in [3.63, 3.8) is 0 Å². The molecule has 152 valence electrons. The number of amides is 1. The highest BCUT2D eigenvalue weighted by Crippen LogP contribution is 2.25. The lowest BCUT2D eigenvalue weighted by atomic mass is 10.1. The molecule has 0 aliphatic heterocycles. The lowest BCUT2D eigenvalue weighted by Gasteiger charge is -2.25. The molecule has 1 N–H and O–H groups in total. The molecule has 0 fully saturated rings. The summed E-state index contributed by atoms with van der Waals surface area (Å²) < 4.78 is 32.7. The van der Waals surface area contributed by atoms with E-state index >= 15 is 0 Å². The third-order valence-electron chi connectivity index (χ3n) is 4.52. The predicted molar refractivity (Wildman–Crippen MR) is 111 cm³/mol. The van der Waals surface area contributed by atoms with Crippen LogP contribution in [0.25, 0.3) is 0 Å². The fourth-order valence-electron chi connectivity index (χ4n) is 2.66. The van der Waals surface area contributed by atoms with Gasteiger partial charge in [0.2, 0.25) is 5.91 Å². The SMILES string of the molecule is COCCCNC(=O)CN(c1ccc(C)c(C)c1)S(=O)(=O)c1ccc(C)cc1. The molecule has 0 aromatic heterocycles. The van der Waals surface area contributed by atoms with E-state index in [-0.39, 0.29) is 17.3 Å². The number of anilines is 1. The molecule has 0 saturated carbocycles. The largest absolute Gasteiger partial charge is 0.385 e. The highest BCUT2D eigenvalue weighted by atomic mass is 32.2. The van der Waals surface area contributed by atoms with Crippen molar-refractivity contribution in [2.45, 2.75) is 32.1 Å². The van der Waals surface area contributed by atoms with Gasteiger partial charge >= 0.3 is 0 Å². The zero-order valence-corrected chi connectivity index (χ0v) is 17.7. The van der Waals surface area contributed by atoms with Gasteiger partial charge in [-0.3, -0.25) is 9.10 Å². The standard InChI is InChI=1S/C21H28N2O4S/c1-16-6-10-20(11-7-16)28(25,26)23(15-21(24)22-12-5-13-27-4)19-9-8-17(2)18(3)14-19/h6-11,14H,5,12-13,15H2,1-4H3,(H,22,24). The van der Waals surface area contributed by atoms with E-state index in [9.17, 15) is 13.2 Å². The lowest BCUT2D eigenvalue weighted by Crippen LogP contribution is -2.41. The smallest absolute Gasteiger partial charge is 0.264 e. The van der Waals surface area contributed by atoms with Gasteiger partial charge in [0.05, 0.1) is 10.6 Å². The van der Waals surface area contributed by atoms with Crippen LogP contribution in [0.15, 0.2) is 47.4 Å². The summed E-state index contributed by atoms with van der Waals surface area (Å²) in [5.74, 6) is -0.356. The molecule has 0 saturated heterocycles. The molecule has 6 nitrogen and oxygen atoms in total. The minimum absolute atomic E-state index is 0.156. The lowest BCUT2D eigenvalue weighted by molar-refractivity contribution is -0.119. The minimum atomic E-state index is -3.88. The Morgan fingerprint density at radius 2 is 1.71 bits per heavy atom. The fourth-order valence-corrected chi connectivity index (χ4v) is 4.08. The Balaban J connectivity index is 2.34.